The Balaban J connectivity index is 1.55. The lowest BCUT2D eigenvalue weighted by Crippen LogP contribution is -2.29. The van der Waals surface area contributed by atoms with Crippen LogP contribution in [0.3, 0.4) is 0 Å². The van der Waals surface area contributed by atoms with E-state index in [1.165, 1.54) is 31.0 Å². The summed E-state index contributed by atoms with van der Waals surface area (Å²) in [6, 6.07) is 7.18. The number of aromatic nitrogens is 2. The van der Waals surface area contributed by atoms with Crippen molar-refractivity contribution in [2.24, 2.45) is 0 Å². The van der Waals surface area contributed by atoms with Gasteiger partial charge in [-0.3, -0.25) is 0 Å². The number of amides is 2. The number of nitrogens with zero attached hydrogens (tertiary/aromatic N) is 3. The molecule has 2 amide bonds. The van der Waals surface area contributed by atoms with Crippen molar-refractivity contribution in [2.45, 2.75) is 19.4 Å². The molecular weight excluding hydrogens is 297 g/mol. The second-order valence-corrected chi connectivity index (χ2v) is 5.34. The largest absolute Gasteiger partial charge is 0.357 e. The van der Waals surface area contributed by atoms with Gasteiger partial charge in [0.05, 0.1) is 6.54 Å². The Bertz CT molecular complexity index is 688. The quantitative estimate of drug-likeness (QED) is 0.909. The summed E-state index contributed by atoms with van der Waals surface area (Å²) in [5.74, 6) is 1.04. The fourth-order valence-corrected chi connectivity index (χ4v) is 2.50. The highest BCUT2D eigenvalue weighted by Crippen LogP contribution is 2.16. The lowest BCUT2D eigenvalue weighted by atomic mass is 10.3. The monoisotopic (exact) mass is 315 g/mol. The Morgan fingerprint density at radius 2 is 2.09 bits per heavy atom. The lowest BCUT2D eigenvalue weighted by molar-refractivity contribution is 0.251. The van der Waals surface area contributed by atoms with E-state index in [-0.39, 0.29) is 6.54 Å². The van der Waals surface area contributed by atoms with Gasteiger partial charge in [-0.1, -0.05) is 6.07 Å². The number of anilines is 2. The zero-order valence-electron chi connectivity index (χ0n) is 12.6. The number of nitrogens with one attached hydrogen (secondary N) is 2. The first-order chi connectivity index (χ1) is 11.2. The molecular formula is C16H18FN5O. The molecule has 1 aromatic carbocycles. The molecule has 1 aromatic heterocycles. The van der Waals surface area contributed by atoms with Gasteiger partial charge >= 0.3 is 6.03 Å². The smallest absolute Gasteiger partial charge is 0.319 e. The van der Waals surface area contributed by atoms with Gasteiger partial charge in [0, 0.05) is 25.0 Å². The van der Waals surface area contributed by atoms with E-state index in [1.54, 1.807) is 12.3 Å². The third-order valence-corrected chi connectivity index (χ3v) is 3.61. The number of urea groups is 1. The molecule has 2 aromatic rings. The van der Waals surface area contributed by atoms with Gasteiger partial charge in [-0.2, -0.15) is 0 Å². The molecule has 2 heterocycles. The van der Waals surface area contributed by atoms with Crippen LogP contribution in [0.2, 0.25) is 0 Å². The molecule has 120 valence electrons. The maximum atomic E-state index is 13.1. The summed E-state index contributed by atoms with van der Waals surface area (Å²) in [5.41, 5.74) is 0.397. The number of rotatable bonds is 4. The summed E-state index contributed by atoms with van der Waals surface area (Å²) < 4.78 is 13.1. The molecule has 0 bridgehead atoms. The second kappa shape index (κ2) is 7.04. The van der Waals surface area contributed by atoms with Crippen molar-refractivity contribution in [1.29, 1.82) is 0 Å². The van der Waals surface area contributed by atoms with Gasteiger partial charge in [-0.05, 0) is 37.1 Å². The summed E-state index contributed by atoms with van der Waals surface area (Å²) in [6.07, 6.45) is 4.05. The Labute approximate surface area is 133 Å². The number of carbonyl (C=O) groups excluding carboxylic acids is 1. The highest BCUT2D eigenvalue weighted by Gasteiger charge is 2.14. The molecule has 0 spiro atoms. The van der Waals surface area contributed by atoms with Gasteiger partial charge < -0.3 is 15.5 Å². The van der Waals surface area contributed by atoms with Crippen LogP contribution in [0.5, 0.6) is 0 Å². The molecule has 7 heteroatoms. The van der Waals surface area contributed by atoms with Gasteiger partial charge in [-0.25, -0.2) is 19.2 Å². The van der Waals surface area contributed by atoms with E-state index in [1.807, 2.05) is 6.07 Å². The van der Waals surface area contributed by atoms with Crippen molar-refractivity contribution in [3.63, 3.8) is 0 Å². The minimum atomic E-state index is -0.425. The second-order valence-electron chi connectivity index (χ2n) is 5.34. The molecule has 23 heavy (non-hydrogen) atoms. The Morgan fingerprint density at radius 3 is 2.87 bits per heavy atom. The van der Waals surface area contributed by atoms with Crippen LogP contribution in [0.25, 0.3) is 0 Å². The predicted molar refractivity (Wildman–Crippen MR) is 85.7 cm³/mol. The van der Waals surface area contributed by atoms with Crippen LogP contribution in [-0.2, 0) is 6.54 Å². The van der Waals surface area contributed by atoms with Gasteiger partial charge in [0.25, 0.3) is 0 Å². The zero-order valence-corrected chi connectivity index (χ0v) is 12.6. The first-order valence-electron chi connectivity index (χ1n) is 7.58. The summed E-state index contributed by atoms with van der Waals surface area (Å²) in [4.78, 5) is 22.7. The number of halogens is 1. The van der Waals surface area contributed by atoms with Crippen LogP contribution in [0, 0.1) is 5.82 Å². The van der Waals surface area contributed by atoms with Crippen molar-refractivity contribution in [3.8, 4) is 0 Å². The topological polar surface area (TPSA) is 70.2 Å². The summed E-state index contributed by atoms with van der Waals surface area (Å²) in [7, 11) is 0. The van der Waals surface area contributed by atoms with E-state index in [0.29, 0.717) is 11.5 Å². The predicted octanol–water partition coefficient (Wildman–Crippen LogP) is 2.54. The Hall–Kier alpha value is -2.70. The van der Waals surface area contributed by atoms with Crippen LogP contribution in [0.15, 0.2) is 36.5 Å². The highest BCUT2D eigenvalue weighted by atomic mass is 19.1. The van der Waals surface area contributed by atoms with Gasteiger partial charge in [0.15, 0.2) is 0 Å². The molecule has 1 fully saturated rings. The van der Waals surface area contributed by atoms with Crippen LogP contribution < -0.4 is 15.5 Å². The lowest BCUT2D eigenvalue weighted by Gasteiger charge is -2.16. The molecule has 6 nitrogen and oxygen atoms in total. The van der Waals surface area contributed by atoms with E-state index in [0.717, 1.165) is 18.9 Å². The van der Waals surface area contributed by atoms with Crippen LogP contribution in [0.1, 0.15) is 18.7 Å². The maximum Gasteiger partial charge on any atom is 0.319 e. The van der Waals surface area contributed by atoms with Crippen molar-refractivity contribution in [2.75, 3.05) is 23.3 Å². The first-order valence-corrected chi connectivity index (χ1v) is 7.58. The summed E-state index contributed by atoms with van der Waals surface area (Å²) in [5, 5.41) is 5.24. The van der Waals surface area contributed by atoms with E-state index >= 15 is 0 Å². The SMILES string of the molecule is O=C(NCc1nccc(N2CCCC2)n1)Nc1cccc(F)c1. The van der Waals surface area contributed by atoms with Crippen LogP contribution >= 0.6 is 0 Å². The van der Waals surface area contributed by atoms with E-state index in [4.69, 9.17) is 0 Å². The van der Waals surface area contributed by atoms with Crippen molar-refractivity contribution < 1.29 is 9.18 Å². The Kier molecular flexibility index (Phi) is 4.65. The third-order valence-electron chi connectivity index (χ3n) is 3.61. The average Bonchev–Trinajstić information content (AvgIpc) is 3.08. The summed E-state index contributed by atoms with van der Waals surface area (Å²) in [6.45, 7) is 2.22. The molecule has 2 N–H and O–H groups in total. The standard InChI is InChI=1S/C16H18FN5O/c17-12-4-3-5-13(10-12)20-16(23)19-11-14-18-7-6-15(21-14)22-8-1-2-9-22/h3-7,10H,1-2,8-9,11H2,(H2,19,20,23). The average molecular weight is 315 g/mol. The van der Waals surface area contributed by atoms with E-state index in [9.17, 15) is 9.18 Å². The number of hydrogen-bond acceptors (Lipinski definition) is 4. The minimum Gasteiger partial charge on any atom is -0.357 e. The number of hydrogen-bond donors (Lipinski definition) is 2. The van der Waals surface area contributed by atoms with E-state index in [2.05, 4.69) is 25.5 Å². The Morgan fingerprint density at radius 1 is 1.26 bits per heavy atom. The number of benzene rings is 1. The molecule has 1 saturated heterocycles. The van der Waals surface area contributed by atoms with Gasteiger partial charge in [0.1, 0.15) is 17.5 Å². The first kappa shape index (κ1) is 15.2. The van der Waals surface area contributed by atoms with Crippen molar-refractivity contribution >= 4 is 17.5 Å². The molecule has 0 atom stereocenters. The summed E-state index contributed by atoms with van der Waals surface area (Å²) >= 11 is 0. The molecule has 0 unspecified atom stereocenters. The highest BCUT2D eigenvalue weighted by molar-refractivity contribution is 5.89. The number of carbonyl (C=O) groups is 1. The zero-order chi connectivity index (χ0) is 16.1. The van der Waals surface area contributed by atoms with Gasteiger partial charge in [0.2, 0.25) is 0 Å². The fourth-order valence-electron chi connectivity index (χ4n) is 2.50. The van der Waals surface area contributed by atoms with Crippen molar-refractivity contribution in [3.05, 3.63) is 48.2 Å². The molecule has 0 radical (unpaired) electrons. The van der Waals surface area contributed by atoms with E-state index < -0.39 is 11.8 Å². The van der Waals surface area contributed by atoms with Crippen molar-refractivity contribution in [1.82, 2.24) is 15.3 Å². The molecule has 3 rings (SSSR count). The minimum absolute atomic E-state index is 0.211. The third kappa shape index (κ3) is 4.15. The van der Waals surface area contributed by atoms with Gasteiger partial charge in [-0.15, -0.1) is 0 Å². The van der Waals surface area contributed by atoms with Crippen LogP contribution in [0.4, 0.5) is 20.7 Å². The maximum absolute atomic E-state index is 13.1. The molecule has 1 aliphatic rings. The normalized spacial score (nSPS) is 13.9. The fraction of sp³-hybridized carbons (Fsp3) is 0.312. The molecule has 1 aliphatic heterocycles. The molecule has 0 aliphatic carbocycles. The van der Waals surface area contributed by atoms with Crippen LogP contribution in [-0.4, -0.2) is 29.1 Å². The molecule has 0 saturated carbocycles.